The molecule has 2 amide bonds. The maximum absolute atomic E-state index is 13.8. The molecule has 4 rings (SSSR count). The smallest absolute Gasteiger partial charge is 0.294 e. The SMILES string of the molecule is CC1CN(C(=O)c2cn(C)c3ccc(C(=O)C(=O)N(C)C(C)C)cc23)C(C)CN1Cc1ccc(F)cc1. The van der Waals surface area contributed by atoms with Crippen molar-refractivity contribution in [1.29, 1.82) is 0 Å². The van der Waals surface area contributed by atoms with Gasteiger partial charge in [0.05, 0.1) is 5.56 Å². The number of halogens is 1. The highest BCUT2D eigenvalue weighted by molar-refractivity contribution is 6.43. The van der Waals surface area contributed by atoms with Gasteiger partial charge < -0.3 is 14.4 Å². The molecule has 7 nitrogen and oxygen atoms in total. The Morgan fingerprint density at radius 3 is 2.35 bits per heavy atom. The standard InChI is InChI=1S/C29H35FN4O3/c1-18(2)32(6)29(37)27(35)22-9-12-26-24(13-22)25(17-31(26)5)28(36)34-15-19(3)33(14-20(34)4)16-21-7-10-23(30)11-8-21/h7-13,17-20H,14-16H2,1-6H3. The summed E-state index contributed by atoms with van der Waals surface area (Å²) in [6, 6.07) is 11.6. The molecule has 1 fully saturated rings. The van der Waals surface area contributed by atoms with Crippen LogP contribution in [0.25, 0.3) is 10.9 Å². The molecule has 1 aromatic heterocycles. The molecule has 3 aromatic rings. The molecular formula is C29H35FN4O3. The first kappa shape index (κ1) is 26.5. The van der Waals surface area contributed by atoms with Crippen molar-refractivity contribution in [2.75, 3.05) is 20.1 Å². The van der Waals surface area contributed by atoms with Crippen LogP contribution in [0.15, 0.2) is 48.7 Å². The lowest BCUT2D eigenvalue weighted by atomic mass is 10.0. The van der Waals surface area contributed by atoms with Gasteiger partial charge in [-0.15, -0.1) is 0 Å². The highest BCUT2D eigenvalue weighted by Gasteiger charge is 2.34. The average molecular weight is 507 g/mol. The zero-order valence-electron chi connectivity index (χ0n) is 22.4. The predicted molar refractivity (Wildman–Crippen MR) is 142 cm³/mol. The fraction of sp³-hybridized carbons (Fsp3) is 0.414. The Morgan fingerprint density at radius 1 is 1.03 bits per heavy atom. The highest BCUT2D eigenvalue weighted by atomic mass is 19.1. The molecule has 2 heterocycles. The van der Waals surface area contributed by atoms with Crippen LogP contribution >= 0.6 is 0 Å². The number of nitrogens with zero attached hydrogens (tertiary/aromatic N) is 4. The van der Waals surface area contributed by atoms with Gasteiger partial charge in [0.1, 0.15) is 5.82 Å². The third-order valence-corrected chi connectivity index (χ3v) is 7.45. The van der Waals surface area contributed by atoms with E-state index in [0.29, 0.717) is 30.6 Å². The second kappa shape index (κ2) is 10.5. The van der Waals surface area contributed by atoms with E-state index in [1.807, 2.05) is 37.3 Å². The van der Waals surface area contributed by atoms with Crippen LogP contribution in [-0.4, -0.2) is 75.1 Å². The molecule has 0 bridgehead atoms. The first-order valence-electron chi connectivity index (χ1n) is 12.7. The number of aryl methyl sites for hydroxylation is 1. The molecule has 0 N–H and O–H groups in total. The largest absolute Gasteiger partial charge is 0.350 e. The number of likely N-dealkylation sites (N-methyl/N-ethyl adjacent to an activating group) is 1. The van der Waals surface area contributed by atoms with E-state index in [2.05, 4.69) is 11.8 Å². The molecule has 1 aliphatic heterocycles. The van der Waals surface area contributed by atoms with E-state index in [1.54, 1.807) is 43.6 Å². The van der Waals surface area contributed by atoms with E-state index in [0.717, 1.165) is 11.1 Å². The number of carbonyl (C=O) groups is 3. The van der Waals surface area contributed by atoms with Gasteiger partial charge in [0.2, 0.25) is 5.78 Å². The fourth-order valence-corrected chi connectivity index (χ4v) is 4.90. The van der Waals surface area contributed by atoms with Gasteiger partial charge in [-0.1, -0.05) is 12.1 Å². The summed E-state index contributed by atoms with van der Waals surface area (Å²) in [6.07, 6.45) is 1.80. The number of ketones is 1. The number of aromatic nitrogens is 1. The zero-order valence-corrected chi connectivity index (χ0v) is 22.4. The Balaban J connectivity index is 1.57. The molecule has 0 saturated carbocycles. The minimum Gasteiger partial charge on any atom is -0.350 e. The molecule has 196 valence electrons. The number of fused-ring (bicyclic) bond motifs is 1. The molecule has 2 atom stereocenters. The van der Waals surface area contributed by atoms with E-state index >= 15 is 0 Å². The van der Waals surface area contributed by atoms with Crippen molar-refractivity contribution in [3.05, 3.63) is 71.2 Å². The summed E-state index contributed by atoms with van der Waals surface area (Å²) >= 11 is 0. The highest BCUT2D eigenvalue weighted by Crippen LogP contribution is 2.27. The van der Waals surface area contributed by atoms with Crippen molar-refractivity contribution in [2.45, 2.75) is 52.4 Å². The topological polar surface area (TPSA) is 65.9 Å². The van der Waals surface area contributed by atoms with E-state index in [1.165, 1.54) is 17.0 Å². The third-order valence-electron chi connectivity index (χ3n) is 7.45. The van der Waals surface area contributed by atoms with Gasteiger partial charge in [-0.05, 0) is 63.6 Å². The zero-order chi connectivity index (χ0) is 27.0. The summed E-state index contributed by atoms with van der Waals surface area (Å²) in [5.74, 6) is -1.51. The normalized spacial score (nSPS) is 18.4. The molecule has 1 saturated heterocycles. The van der Waals surface area contributed by atoms with Crippen LogP contribution in [0.4, 0.5) is 4.39 Å². The Bertz CT molecular complexity index is 1330. The van der Waals surface area contributed by atoms with Crippen molar-refractivity contribution in [3.63, 3.8) is 0 Å². The molecule has 0 spiro atoms. The van der Waals surface area contributed by atoms with E-state index in [-0.39, 0.29) is 35.4 Å². The van der Waals surface area contributed by atoms with Gasteiger partial charge >= 0.3 is 0 Å². The number of Topliss-reactive ketones (excluding diaryl/α,β-unsaturated/α-hetero) is 1. The average Bonchev–Trinajstić information content (AvgIpc) is 3.21. The lowest BCUT2D eigenvalue weighted by Gasteiger charge is -2.44. The Kier molecular flexibility index (Phi) is 7.50. The minimum absolute atomic E-state index is 0.0366. The molecule has 2 unspecified atom stereocenters. The Morgan fingerprint density at radius 2 is 1.70 bits per heavy atom. The summed E-state index contributed by atoms with van der Waals surface area (Å²) in [5.41, 5.74) is 2.64. The number of rotatable bonds is 6. The summed E-state index contributed by atoms with van der Waals surface area (Å²) in [4.78, 5) is 44.9. The molecule has 2 aromatic carbocycles. The summed E-state index contributed by atoms with van der Waals surface area (Å²) < 4.78 is 15.2. The molecule has 0 radical (unpaired) electrons. The number of hydrogen-bond acceptors (Lipinski definition) is 4. The van der Waals surface area contributed by atoms with Crippen molar-refractivity contribution >= 4 is 28.5 Å². The lowest BCUT2D eigenvalue weighted by molar-refractivity contribution is -0.126. The van der Waals surface area contributed by atoms with Crippen LogP contribution < -0.4 is 0 Å². The summed E-state index contributed by atoms with van der Waals surface area (Å²) in [7, 11) is 3.48. The van der Waals surface area contributed by atoms with Crippen molar-refractivity contribution in [3.8, 4) is 0 Å². The van der Waals surface area contributed by atoms with Crippen LogP contribution in [0.2, 0.25) is 0 Å². The molecule has 8 heteroatoms. The van der Waals surface area contributed by atoms with Gasteiger partial charge in [-0.25, -0.2) is 4.39 Å². The first-order chi connectivity index (χ1) is 17.5. The Labute approximate surface area is 217 Å². The van der Waals surface area contributed by atoms with Gasteiger partial charge in [0.15, 0.2) is 0 Å². The van der Waals surface area contributed by atoms with Crippen molar-refractivity contribution in [2.24, 2.45) is 7.05 Å². The van der Waals surface area contributed by atoms with Gasteiger partial charge in [0, 0.05) is 74.5 Å². The molecular weight excluding hydrogens is 471 g/mol. The summed E-state index contributed by atoms with van der Waals surface area (Å²) in [5, 5.41) is 0.659. The monoisotopic (exact) mass is 506 g/mol. The van der Waals surface area contributed by atoms with Crippen LogP contribution in [0, 0.1) is 5.82 Å². The quantitative estimate of drug-likeness (QED) is 0.373. The van der Waals surface area contributed by atoms with E-state index in [9.17, 15) is 18.8 Å². The first-order valence-corrected chi connectivity index (χ1v) is 12.7. The van der Waals surface area contributed by atoms with Crippen LogP contribution in [0.5, 0.6) is 0 Å². The van der Waals surface area contributed by atoms with Crippen molar-refractivity contribution in [1.82, 2.24) is 19.3 Å². The van der Waals surface area contributed by atoms with Gasteiger partial charge in [-0.3, -0.25) is 19.3 Å². The van der Waals surface area contributed by atoms with Crippen LogP contribution in [-0.2, 0) is 18.4 Å². The van der Waals surface area contributed by atoms with Gasteiger partial charge in [-0.2, -0.15) is 0 Å². The number of benzene rings is 2. The van der Waals surface area contributed by atoms with E-state index < -0.39 is 11.7 Å². The van der Waals surface area contributed by atoms with Gasteiger partial charge in [0.25, 0.3) is 11.8 Å². The van der Waals surface area contributed by atoms with Crippen molar-refractivity contribution < 1.29 is 18.8 Å². The Hall–Kier alpha value is -3.52. The summed E-state index contributed by atoms with van der Waals surface area (Å²) in [6.45, 7) is 9.75. The number of amides is 2. The third kappa shape index (κ3) is 5.30. The number of hydrogen-bond donors (Lipinski definition) is 0. The predicted octanol–water partition coefficient (Wildman–Crippen LogP) is 4.10. The number of carbonyl (C=O) groups excluding carboxylic acids is 3. The van der Waals surface area contributed by atoms with Crippen LogP contribution in [0.3, 0.4) is 0 Å². The van der Waals surface area contributed by atoms with Crippen LogP contribution in [0.1, 0.15) is 54.0 Å². The second-order valence-corrected chi connectivity index (χ2v) is 10.4. The van der Waals surface area contributed by atoms with E-state index in [4.69, 9.17) is 0 Å². The second-order valence-electron chi connectivity index (χ2n) is 10.4. The number of piperazine rings is 1. The molecule has 1 aliphatic rings. The maximum atomic E-state index is 13.8. The lowest BCUT2D eigenvalue weighted by Crippen LogP contribution is -2.57. The molecule has 0 aliphatic carbocycles. The molecule has 37 heavy (non-hydrogen) atoms. The fourth-order valence-electron chi connectivity index (χ4n) is 4.90. The maximum Gasteiger partial charge on any atom is 0.294 e. The minimum atomic E-state index is -0.586.